The fraction of sp³-hybridized carbons (Fsp3) is 0.375. The highest BCUT2D eigenvalue weighted by Crippen LogP contribution is 2.24. The number of hydrogen-bond donors (Lipinski definition) is 1. The largest absolute Gasteiger partial charge is 0.296 e. The van der Waals surface area contributed by atoms with E-state index in [1.807, 2.05) is 20.8 Å². The fourth-order valence-electron chi connectivity index (χ4n) is 1.96. The summed E-state index contributed by atoms with van der Waals surface area (Å²) in [6.45, 7) is 8.23. The number of hydrogen-bond acceptors (Lipinski definition) is 2. The molecule has 0 saturated heterocycles. The first-order valence-electron chi connectivity index (χ1n) is 6.38. The second-order valence-corrected chi connectivity index (χ2v) is 5.62. The molecule has 18 heavy (non-hydrogen) atoms. The average molecular weight is 243 g/mol. The predicted molar refractivity (Wildman–Crippen MR) is 76.3 cm³/mol. The van der Waals surface area contributed by atoms with Crippen molar-refractivity contribution in [2.75, 3.05) is 0 Å². The zero-order valence-corrected chi connectivity index (χ0v) is 11.5. The molecule has 1 atom stereocenters. The Labute approximate surface area is 109 Å². The van der Waals surface area contributed by atoms with Gasteiger partial charge in [0.1, 0.15) is 0 Å². The summed E-state index contributed by atoms with van der Waals surface area (Å²) in [7, 11) is 0. The van der Waals surface area contributed by atoms with Crippen molar-refractivity contribution >= 4 is 10.8 Å². The molecule has 0 saturated carbocycles. The molecule has 0 spiro atoms. The summed E-state index contributed by atoms with van der Waals surface area (Å²) in [5.74, 6) is 0. The number of hydroxylamine groups is 1. The summed E-state index contributed by atoms with van der Waals surface area (Å²) in [4.78, 5) is 5.64. The Balaban J connectivity index is 2.25. The molecule has 0 aliphatic carbocycles. The molecule has 2 aromatic carbocycles. The van der Waals surface area contributed by atoms with Gasteiger partial charge < -0.3 is 0 Å². The first-order valence-corrected chi connectivity index (χ1v) is 6.38. The van der Waals surface area contributed by atoms with Crippen LogP contribution in [0.15, 0.2) is 42.5 Å². The number of fused-ring (bicyclic) bond motifs is 1. The predicted octanol–water partition coefficient (Wildman–Crippen LogP) is 4.22. The molecular weight excluding hydrogens is 222 g/mol. The monoisotopic (exact) mass is 243 g/mol. The second kappa shape index (κ2) is 5.09. The molecule has 0 heterocycles. The van der Waals surface area contributed by atoms with Gasteiger partial charge in [0.2, 0.25) is 0 Å². The van der Waals surface area contributed by atoms with Crippen LogP contribution in [-0.4, -0.2) is 5.60 Å². The van der Waals surface area contributed by atoms with Crippen LogP contribution < -0.4 is 5.48 Å². The van der Waals surface area contributed by atoms with E-state index in [0.29, 0.717) is 0 Å². The van der Waals surface area contributed by atoms with E-state index in [2.05, 4.69) is 54.9 Å². The molecule has 0 fully saturated rings. The molecule has 0 amide bonds. The average Bonchev–Trinajstić information content (AvgIpc) is 2.34. The van der Waals surface area contributed by atoms with Crippen LogP contribution in [0.25, 0.3) is 10.8 Å². The third-order valence-electron chi connectivity index (χ3n) is 2.83. The minimum absolute atomic E-state index is 0.162. The van der Waals surface area contributed by atoms with Crippen molar-refractivity contribution in [3.63, 3.8) is 0 Å². The molecule has 2 heteroatoms. The van der Waals surface area contributed by atoms with E-state index in [4.69, 9.17) is 4.84 Å². The molecule has 2 rings (SSSR count). The van der Waals surface area contributed by atoms with Crippen LogP contribution >= 0.6 is 0 Å². The summed E-state index contributed by atoms with van der Waals surface area (Å²) in [5, 5.41) is 2.54. The molecular formula is C16H21NO. The van der Waals surface area contributed by atoms with Gasteiger partial charge in [-0.25, -0.2) is 0 Å². The van der Waals surface area contributed by atoms with E-state index in [1.165, 1.54) is 16.3 Å². The Bertz CT molecular complexity index is 523. The van der Waals surface area contributed by atoms with Crippen LogP contribution in [0.4, 0.5) is 0 Å². The minimum Gasteiger partial charge on any atom is -0.296 e. The van der Waals surface area contributed by atoms with E-state index in [-0.39, 0.29) is 11.6 Å². The Morgan fingerprint density at radius 1 is 1.00 bits per heavy atom. The zero-order chi connectivity index (χ0) is 13.2. The van der Waals surface area contributed by atoms with Crippen molar-refractivity contribution in [1.82, 2.24) is 5.48 Å². The molecule has 0 unspecified atom stereocenters. The standard InChI is InChI=1S/C16H21NO/c1-12(17-18-16(2,3)4)14-11-7-9-13-8-5-6-10-15(13)14/h5-12,17H,1-4H3/t12-/m0/s1. The Hall–Kier alpha value is -1.38. The lowest BCUT2D eigenvalue weighted by Gasteiger charge is -2.24. The first kappa shape index (κ1) is 13.1. The summed E-state index contributed by atoms with van der Waals surface area (Å²) >= 11 is 0. The van der Waals surface area contributed by atoms with E-state index in [0.717, 1.165) is 0 Å². The van der Waals surface area contributed by atoms with Gasteiger partial charge in [0.15, 0.2) is 0 Å². The number of benzene rings is 2. The van der Waals surface area contributed by atoms with Crippen molar-refractivity contribution in [2.45, 2.75) is 39.3 Å². The molecule has 0 aromatic heterocycles. The van der Waals surface area contributed by atoms with Gasteiger partial charge in [0, 0.05) is 0 Å². The highest BCUT2D eigenvalue weighted by atomic mass is 16.7. The lowest BCUT2D eigenvalue weighted by atomic mass is 10.0. The van der Waals surface area contributed by atoms with Crippen LogP contribution in [0.2, 0.25) is 0 Å². The normalized spacial score (nSPS) is 13.8. The molecule has 2 aromatic rings. The summed E-state index contributed by atoms with van der Waals surface area (Å²) in [6, 6.07) is 15.0. The second-order valence-electron chi connectivity index (χ2n) is 5.62. The zero-order valence-electron chi connectivity index (χ0n) is 11.5. The SMILES string of the molecule is C[C@H](NOC(C)(C)C)c1cccc2ccccc12. The Morgan fingerprint density at radius 2 is 1.67 bits per heavy atom. The van der Waals surface area contributed by atoms with Crippen molar-refractivity contribution in [1.29, 1.82) is 0 Å². The highest BCUT2D eigenvalue weighted by Gasteiger charge is 2.14. The van der Waals surface area contributed by atoms with Crippen LogP contribution in [0, 0.1) is 0 Å². The van der Waals surface area contributed by atoms with Gasteiger partial charge in [-0.15, -0.1) is 0 Å². The summed E-state index contributed by atoms with van der Waals surface area (Å²) in [6.07, 6.45) is 0. The van der Waals surface area contributed by atoms with Crippen LogP contribution in [0.5, 0.6) is 0 Å². The van der Waals surface area contributed by atoms with Gasteiger partial charge in [-0.05, 0) is 44.0 Å². The highest BCUT2D eigenvalue weighted by molar-refractivity contribution is 5.86. The summed E-state index contributed by atoms with van der Waals surface area (Å²) < 4.78 is 0. The maximum atomic E-state index is 5.64. The Kier molecular flexibility index (Phi) is 3.69. The molecule has 0 bridgehead atoms. The minimum atomic E-state index is -0.182. The molecule has 2 nitrogen and oxygen atoms in total. The molecule has 96 valence electrons. The van der Waals surface area contributed by atoms with Gasteiger partial charge in [0.25, 0.3) is 0 Å². The first-order chi connectivity index (χ1) is 8.47. The van der Waals surface area contributed by atoms with Gasteiger partial charge >= 0.3 is 0 Å². The van der Waals surface area contributed by atoms with Crippen molar-refractivity contribution in [3.8, 4) is 0 Å². The van der Waals surface area contributed by atoms with E-state index >= 15 is 0 Å². The molecule has 1 N–H and O–H groups in total. The molecule has 0 radical (unpaired) electrons. The smallest absolute Gasteiger partial charge is 0.0813 e. The third-order valence-corrected chi connectivity index (χ3v) is 2.83. The van der Waals surface area contributed by atoms with Crippen molar-refractivity contribution in [2.24, 2.45) is 0 Å². The number of rotatable bonds is 3. The molecule has 0 aliphatic heterocycles. The van der Waals surface area contributed by atoms with E-state index in [1.54, 1.807) is 0 Å². The van der Waals surface area contributed by atoms with Gasteiger partial charge in [-0.1, -0.05) is 42.5 Å². The maximum Gasteiger partial charge on any atom is 0.0813 e. The molecule has 0 aliphatic rings. The van der Waals surface area contributed by atoms with Crippen molar-refractivity contribution in [3.05, 3.63) is 48.0 Å². The maximum absolute atomic E-state index is 5.64. The summed E-state index contributed by atoms with van der Waals surface area (Å²) in [5.41, 5.74) is 4.21. The quantitative estimate of drug-likeness (QED) is 0.815. The lowest BCUT2D eigenvalue weighted by molar-refractivity contribution is -0.0864. The number of nitrogens with one attached hydrogen (secondary N) is 1. The fourth-order valence-corrected chi connectivity index (χ4v) is 1.96. The van der Waals surface area contributed by atoms with Gasteiger partial charge in [-0.3, -0.25) is 4.84 Å². The van der Waals surface area contributed by atoms with E-state index in [9.17, 15) is 0 Å². The Morgan fingerprint density at radius 3 is 2.39 bits per heavy atom. The van der Waals surface area contributed by atoms with Gasteiger partial charge in [0.05, 0.1) is 11.6 Å². The van der Waals surface area contributed by atoms with Gasteiger partial charge in [-0.2, -0.15) is 5.48 Å². The van der Waals surface area contributed by atoms with Crippen LogP contribution in [0.1, 0.15) is 39.3 Å². The van der Waals surface area contributed by atoms with Crippen LogP contribution in [-0.2, 0) is 4.84 Å². The third kappa shape index (κ3) is 3.09. The van der Waals surface area contributed by atoms with Crippen molar-refractivity contribution < 1.29 is 4.84 Å². The van der Waals surface area contributed by atoms with Crippen LogP contribution in [0.3, 0.4) is 0 Å². The van der Waals surface area contributed by atoms with E-state index < -0.39 is 0 Å². The lowest BCUT2D eigenvalue weighted by Crippen LogP contribution is -2.31. The topological polar surface area (TPSA) is 21.3 Å².